The Morgan fingerprint density at radius 1 is 0.900 bits per heavy atom. The summed E-state index contributed by atoms with van der Waals surface area (Å²) in [6.07, 6.45) is 5.29. The minimum Gasteiger partial charge on any atom is -0.344 e. The van der Waals surface area contributed by atoms with E-state index in [0.717, 1.165) is 37.9 Å². The predicted molar refractivity (Wildman–Crippen MR) is 129 cm³/mol. The number of carbonyl (C=O) groups is 3. The van der Waals surface area contributed by atoms with Gasteiger partial charge in [0.15, 0.2) is 0 Å². The molecule has 0 fully saturated rings. The summed E-state index contributed by atoms with van der Waals surface area (Å²) in [5.41, 5.74) is -0.533. The molecule has 0 aliphatic carbocycles. The topological polar surface area (TPSA) is 57.7 Å². The van der Waals surface area contributed by atoms with Crippen molar-refractivity contribution in [3.05, 3.63) is 0 Å². The molecule has 0 radical (unpaired) electrons. The van der Waals surface area contributed by atoms with Crippen molar-refractivity contribution >= 4 is 29.4 Å². The minimum atomic E-state index is -0.720. The molecule has 0 heterocycles. The molecule has 0 bridgehead atoms. The molecule has 176 valence electrons. The average molecular weight is 443 g/mol. The summed E-state index contributed by atoms with van der Waals surface area (Å²) in [7, 11) is 3.43. The van der Waals surface area contributed by atoms with E-state index < -0.39 is 11.5 Å². The Bertz CT molecular complexity index is 550. The number of rotatable bonds is 13. The third-order valence-corrected chi connectivity index (χ3v) is 6.51. The lowest BCUT2D eigenvalue weighted by atomic mass is 9.86. The quantitative estimate of drug-likeness (QED) is 0.369. The molecular weight excluding hydrogens is 396 g/mol. The van der Waals surface area contributed by atoms with E-state index >= 15 is 0 Å². The van der Waals surface area contributed by atoms with Crippen LogP contribution in [0.5, 0.6) is 0 Å². The number of thioether (sulfide) groups is 1. The number of hydrogen-bond donors (Lipinski definition) is 0. The number of carbonyl (C=O) groups excluding carboxylic acids is 3. The van der Waals surface area contributed by atoms with Gasteiger partial charge >= 0.3 is 0 Å². The minimum absolute atomic E-state index is 0.00333. The standard InChI is InChI=1S/C24H46N2O3S/c1-10-11-16-25(8)22(29)19(18-20(27)23(2,3)4)26(9)21(28)15-13-12-14-17-30-24(5,6)7/h19H,10-18H2,1-9H3. The molecular formula is C24H46N2O3S. The normalized spacial score (nSPS) is 13.1. The highest BCUT2D eigenvalue weighted by atomic mass is 32.2. The van der Waals surface area contributed by atoms with Crippen LogP contribution in [0.25, 0.3) is 0 Å². The van der Waals surface area contributed by atoms with Gasteiger partial charge in [-0.05, 0) is 25.0 Å². The van der Waals surface area contributed by atoms with E-state index in [1.54, 1.807) is 19.0 Å². The van der Waals surface area contributed by atoms with Gasteiger partial charge in [0.05, 0.1) is 0 Å². The largest absolute Gasteiger partial charge is 0.344 e. The number of ketones is 1. The van der Waals surface area contributed by atoms with Crippen LogP contribution in [-0.2, 0) is 14.4 Å². The van der Waals surface area contributed by atoms with Gasteiger partial charge < -0.3 is 9.80 Å². The maximum atomic E-state index is 13.0. The number of amides is 2. The van der Waals surface area contributed by atoms with Crippen molar-refractivity contribution in [2.75, 3.05) is 26.4 Å². The smallest absolute Gasteiger partial charge is 0.245 e. The van der Waals surface area contributed by atoms with Gasteiger partial charge in [0.2, 0.25) is 11.8 Å². The van der Waals surface area contributed by atoms with Gasteiger partial charge in [0.25, 0.3) is 0 Å². The Morgan fingerprint density at radius 3 is 2.00 bits per heavy atom. The van der Waals surface area contributed by atoms with Crippen LogP contribution in [-0.4, -0.2) is 64.6 Å². The van der Waals surface area contributed by atoms with E-state index in [4.69, 9.17) is 0 Å². The maximum Gasteiger partial charge on any atom is 0.245 e. The summed E-state index contributed by atoms with van der Waals surface area (Å²) >= 11 is 1.94. The van der Waals surface area contributed by atoms with Crippen LogP contribution in [0.3, 0.4) is 0 Å². The summed E-state index contributed by atoms with van der Waals surface area (Å²) in [6, 6.07) is -0.720. The van der Waals surface area contributed by atoms with E-state index in [9.17, 15) is 14.4 Å². The van der Waals surface area contributed by atoms with Gasteiger partial charge in [0, 0.05) is 43.6 Å². The van der Waals surface area contributed by atoms with Crippen LogP contribution in [0.2, 0.25) is 0 Å². The fourth-order valence-corrected chi connectivity index (χ4v) is 3.88. The van der Waals surface area contributed by atoms with Crippen molar-refractivity contribution in [2.24, 2.45) is 5.41 Å². The average Bonchev–Trinajstić information content (AvgIpc) is 2.63. The molecule has 0 aliphatic heterocycles. The third kappa shape index (κ3) is 12.0. The third-order valence-electron chi connectivity index (χ3n) is 5.15. The first-order chi connectivity index (χ1) is 13.7. The molecule has 0 spiro atoms. The van der Waals surface area contributed by atoms with Crippen LogP contribution < -0.4 is 0 Å². The zero-order chi connectivity index (χ0) is 23.5. The molecule has 6 heteroatoms. The second-order valence-corrected chi connectivity index (χ2v) is 12.2. The fraction of sp³-hybridized carbons (Fsp3) is 0.875. The van der Waals surface area contributed by atoms with Crippen LogP contribution in [0.1, 0.15) is 93.4 Å². The summed E-state index contributed by atoms with van der Waals surface area (Å²) in [6.45, 7) is 14.9. The molecule has 2 amide bonds. The second kappa shape index (κ2) is 13.4. The Kier molecular flexibility index (Phi) is 12.9. The zero-order valence-corrected chi connectivity index (χ0v) is 21.8. The molecule has 0 aromatic carbocycles. The summed E-state index contributed by atoms with van der Waals surface area (Å²) in [5, 5.41) is 0. The maximum absolute atomic E-state index is 13.0. The molecule has 0 saturated carbocycles. The van der Waals surface area contributed by atoms with E-state index in [2.05, 4.69) is 27.7 Å². The Morgan fingerprint density at radius 2 is 1.50 bits per heavy atom. The number of likely N-dealkylation sites (N-methyl/N-ethyl adjacent to an activating group) is 2. The summed E-state index contributed by atoms with van der Waals surface area (Å²) in [5.74, 6) is 0.904. The Hall–Kier alpha value is -1.04. The molecule has 0 aromatic rings. The Balaban J connectivity index is 4.92. The van der Waals surface area contributed by atoms with Crippen molar-refractivity contribution in [1.29, 1.82) is 0 Å². The van der Waals surface area contributed by atoms with Gasteiger partial charge in [0.1, 0.15) is 11.8 Å². The van der Waals surface area contributed by atoms with Crippen LogP contribution in [0, 0.1) is 5.41 Å². The van der Waals surface area contributed by atoms with E-state index in [0.29, 0.717) is 13.0 Å². The lowest BCUT2D eigenvalue weighted by molar-refractivity contribution is -0.146. The van der Waals surface area contributed by atoms with Crippen molar-refractivity contribution in [1.82, 2.24) is 9.80 Å². The lowest BCUT2D eigenvalue weighted by Gasteiger charge is -2.32. The van der Waals surface area contributed by atoms with Crippen molar-refractivity contribution in [2.45, 2.75) is 104 Å². The van der Waals surface area contributed by atoms with Gasteiger partial charge in [-0.15, -0.1) is 0 Å². The molecule has 30 heavy (non-hydrogen) atoms. The number of unbranched alkanes of at least 4 members (excludes halogenated alkanes) is 3. The lowest BCUT2D eigenvalue weighted by Crippen LogP contribution is -2.50. The van der Waals surface area contributed by atoms with E-state index in [1.165, 1.54) is 4.90 Å². The first-order valence-corrected chi connectivity index (χ1v) is 12.4. The van der Waals surface area contributed by atoms with Crippen LogP contribution >= 0.6 is 11.8 Å². The van der Waals surface area contributed by atoms with Crippen molar-refractivity contribution in [3.8, 4) is 0 Å². The number of Topliss-reactive ketones (excluding diaryl/α,β-unsaturated/α-hetero) is 1. The molecule has 5 nitrogen and oxygen atoms in total. The molecule has 1 atom stereocenters. The molecule has 0 aromatic heterocycles. The molecule has 0 N–H and O–H groups in total. The van der Waals surface area contributed by atoms with Crippen LogP contribution in [0.4, 0.5) is 0 Å². The molecule has 0 rings (SSSR count). The van der Waals surface area contributed by atoms with Gasteiger partial charge in [-0.2, -0.15) is 11.8 Å². The van der Waals surface area contributed by atoms with Crippen molar-refractivity contribution in [3.63, 3.8) is 0 Å². The summed E-state index contributed by atoms with van der Waals surface area (Å²) < 4.78 is 0.271. The van der Waals surface area contributed by atoms with Gasteiger partial charge in [-0.3, -0.25) is 14.4 Å². The first kappa shape index (κ1) is 29.0. The summed E-state index contributed by atoms with van der Waals surface area (Å²) in [4.78, 5) is 41.7. The first-order valence-electron chi connectivity index (χ1n) is 11.4. The second-order valence-electron chi connectivity index (χ2n) is 10.3. The monoisotopic (exact) mass is 442 g/mol. The highest BCUT2D eigenvalue weighted by Crippen LogP contribution is 2.25. The van der Waals surface area contributed by atoms with Gasteiger partial charge in [-0.25, -0.2) is 0 Å². The number of hydrogen-bond acceptors (Lipinski definition) is 4. The van der Waals surface area contributed by atoms with Crippen LogP contribution in [0.15, 0.2) is 0 Å². The van der Waals surface area contributed by atoms with E-state index in [1.807, 2.05) is 32.5 Å². The highest BCUT2D eigenvalue weighted by molar-refractivity contribution is 8.00. The van der Waals surface area contributed by atoms with Crippen molar-refractivity contribution < 1.29 is 14.4 Å². The fourth-order valence-electron chi connectivity index (χ4n) is 2.92. The Labute approximate surface area is 189 Å². The zero-order valence-electron chi connectivity index (χ0n) is 21.0. The molecule has 1 unspecified atom stereocenters. The predicted octanol–water partition coefficient (Wildman–Crippen LogP) is 5.17. The number of nitrogens with zero attached hydrogens (tertiary/aromatic N) is 2. The van der Waals surface area contributed by atoms with E-state index in [-0.39, 0.29) is 28.8 Å². The SMILES string of the molecule is CCCCN(C)C(=O)C(CC(=O)C(C)(C)C)N(C)C(=O)CCCCCSC(C)(C)C. The molecule has 0 saturated heterocycles. The highest BCUT2D eigenvalue weighted by Gasteiger charge is 2.34. The van der Waals surface area contributed by atoms with Gasteiger partial charge in [-0.1, -0.05) is 61.3 Å². The molecule has 0 aliphatic rings.